The van der Waals surface area contributed by atoms with Gasteiger partial charge in [0.25, 0.3) is 0 Å². The van der Waals surface area contributed by atoms with Crippen LogP contribution in [0.3, 0.4) is 0 Å². The fraction of sp³-hybridized carbons (Fsp3) is 0.538. The average molecular weight is 305 g/mol. The molecule has 112 valence electrons. The van der Waals surface area contributed by atoms with Crippen molar-refractivity contribution < 1.29 is 21.9 Å². The van der Waals surface area contributed by atoms with E-state index in [1.54, 1.807) is 0 Å². The van der Waals surface area contributed by atoms with Gasteiger partial charge in [-0.2, -0.15) is 8.78 Å². The highest BCUT2D eigenvalue weighted by molar-refractivity contribution is 7.91. The van der Waals surface area contributed by atoms with Crippen LogP contribution < -0.4 is 10.1 Å². The Labute approximate surface area is 117 Å². The van der Waals surface area contributed by atoms with Crippen LogP contribution in [-0.2, 0) is 9.84 Å². The molecule has 0 aliphatic heterocycles. The van der Waals surface area contributed by atoms with E-state index in [4.69, 9.17) is 4.74 Å². The fourth-order valence-corrected chi connectivity index (χ4v) is 2.95. The molecule has 1 aliphatic carbocycles. The van der Waals surface area contributed by atoms with Crippen LogP contribution >= 0.6 is 0 Å². The monoisotopic (exact) mass is 305 g/mol. The molecular weight excluding hydrogens is 288 g/mol. The first-order chi connectivity index (χ1) is 9.43. The van der Waals surface area contributed by atoms with Crippen molar-refractivity contribution >= 4 is 9.84 Å². The highest BCUT2D eigenvalue weighted by atomic mass is 32.2. The van der Waals surface area contributed by atoms with Gasteiger partial charge in [0.1, 0.15) is 5.75 Å². The molecule has 1 aliphatic rings. The van der Waals surface area contributed by atoms with Gasteiger partial charge in [-0.15, -0.1) is 0 Å². The zero-order valence-electron chi connectivity index (χ0n) is 11.1. The number of sulfone groups is 1. The summed E-state index contributed by atoms with van der Waals surface area (Å²) in [4.78, 5) is -0.387. The molecule has 0 aromatic heterocycles. The quantitative estimate of drug-likeness (QED) is 0.874. The van der Waals surface area contributed by atoms with Gasteiger partial charge in [0.15, 0.2) is 0 Å². The third-order valence-electron chi connectivity index (χ3n) is 3.37. The van der Waals surface area contributed by atoms with Crippen LogP contribution in [0.2, 0.25) is 0 Å². The summed E-state index contributed by atoms with van der Waals surface area (Å²) in [5.41, 5.74) is 0. The predicted octanol–water partition coefficient (Wildman–Crippen LogP) is 2.06. The van der Waals surface area contributed by atoms with Crippen molar-refractivity contribution in [3.63, 3.8) is 0 Å². The van der Waals surface area contributed by atoms with Gasteiger partial charge >= 0.3 is 5.76 Å². The number of hydrogen-bond acceptors (Lipinski definition) is 4. The van der Waals surface area contributed by atoms with E-state index < -0.39 is 15.6 Å². The summed E-state index contributed by atoms with van der Waals surface area (Å²) in [7, 11) is -2.63. The Morgan fingerprint density at radius 1 is 1.30 bits per heavy atom. The Morgan fingerprint density at radius 3 is 2.40 bits per heavy atom. The van der Waals surface area contributed by atoms with Crippen LogP contribution in [0.25, 0.3) is 0 Å². The molecule has 1 aromatic carbocycles. The molecule has 0 saturated heterocycles. The molecule has 0 bridgehead atoms. The molecule has 0 amide bonds. The number of ether oxygens (including phenoxy) is 1. The Balaban J connectivity index is 1.93. The molecule has 1 saturated carbocycles. The first kappa shape index (κ1) is 15.2. The van der Waals surface area contributed by atoms with Crippen molar-refractivity contribution in [2.75, 3.05) is 13.6 Å². The maximum Gasteiger partial charge on any atom is 0.341 e. The molecule has 0 unspecified atom stereocenters. The number of rotatable bonds is 6. The topological polar surface area (TPSA) is 55.4 Å². The average Bonchev–Trinajstić information content (AvgIpc) is 2.37. The lowest BCUT2D eigenvalue weighted by Crippen LogP contribution is -2.38. The molecule has 20 heavy (non-hydrogen) atoms. The van der Waals surface area contributed by atoms with Gasteiger partial charge in [-0.3, -0.25) is 0 Å². The lowest BCUT2D eigenvalue weighted by atomic mass is 9.82. The molecular formula is C13H17F2NO3S. The first-order valence-electron chi connectivity index (χ1n) is 6.37. The molecule has 1 fully saturated rings. The Kier molecular flexibility index (Phi) is 4.59. The van der Waals surface area contributed by atoms with Gasteiger partial charge in [0.05, 0.1) is 11.0 Å². The van der Waals surface area contributed by atoms with Crippen molar-refractivity contribution in [3.8, 4) is 5.75 Å². The highest BCUT2D eigenvalue weighted by Crippen LogP contribution is 2.31. The number of benzene rings is 1. The van der Waals surface area contributed by atoms with Crippen molar-refractivity contribution in [3.05, 3.63) is 24.3 Å². The number of hydrogen-bond donors (Lipinski definition) is 1. The minimum atomic E-state index is -4.53. The zero-order valence-corrected chi connectivity index (χ0v) is 11.9. The van der Waals surface area contributed by atoms with E-state index in [0.29, 0.717) is 11.7 Å². The Morgan fingerprint density at radius 2 is 1.90 bits per heavy atom. The standard InChI is InChI=1S/C13H17F2NO3S/c1-16-8-9-6-11(7-9)19-10-2-4-12(5-3-10)20(17,18)13(14)15/h2-5,9,11,13,16H,6-8H2,1H3. The number of halogens is 2. The largest absolute Gasteiger partial charge is 0.490 e. The second kappa shape index (κ2) is 6.05. The molecule has 0 spiro atoms. The summed E-state index contributed by atoms with van der Waals surface area (Å²) >= 11 is 0. The third kappa shape index (κ3) is 3.27. The van der Waals surface area contributed by atoms with Crippen LogP contribution in [0.15, 0.2) is 29.2 Å². The van der Waals surface area contributed by atoms with Gasteiger partial charge in [0.2, 0.25) is 9.84 Å². The van der Waals surface area contributed by atoms with E-state index >= 15 is 0 Å². The maximum atomic E-state index is 12.4. The van der Waals surface area contributed by atoms with Crippen LogP contribution in [0.1, 0.15) is 12.8 Å². The molecule has 0 radical (unpaired) electrons. The van der Waals surface area contributed by atoms with E-state index in [0.717, 1.165) is 31.5 Å². The summed E-state index contributed by atoms with van der Waals surface area (Å²) in [6, 6.07) is 5.14. The Hall–Kier alpha value is -1.21. The molecule has 0 atom stereocenters. The van der Waals surface area contributed by atoms with Crippen molar-refractivity contribution in [2.45, 2.75) is 29.6 Å². The van der Waals surface area contributed by atoms with Crippen LogP contribution in [0.4, 0.5) is 8.78 Å². The maximum absolute atomic E-state index is 12.4. The van der Waals surface area contributed by atoms with E-state index in [9.17, 15) is 17.2 Å². The SMILES string of the molecule is CNCC1CC(Oc2ccc(S(=O)(=O)C(F)F)cc2)C1. The zero-order chi connectivity index (χ0) is 14.8. The second-order valence-corrected chi connectivity index (χ2v) is 6.83. The Bertz CT molecular complexity index is 539. The van der Waals surface area contributed by atoms with E-state index in [2.05, 4.69) is 5.32 Å². The number of nitrogens with one attached hydrogen (secondary N) is 1. The predicted molar refractivity (Wildman–Crippen MR) is 70.7 cm³/mol. The van der Waals surface area contributed by atoms with Crippen LogP contribution in [-0.4, -0.2) is 33.9 Å². The van der Waals surface area contributed by atoms with E-state index in [-0.39, 0.29) is 11.0 Å². The molecule has 1 aromatic rings. The van der Waals surface area contributed by atoms with Gasteiger partial charge in [0, 0.05) is 0 Å². The minimum Gasteiger partial charge on any atom is -0.490 e. The highest BCUT2D eigenvalue weighted by Gasteiger charge is 2.30. The number of alkyl halides is 2. The first-order valence-corrected chi connectivity index (χ1v) is 7.91. The van der Waals surface area contributed by atoms with Crippen molar-refractivity contribution in [2.24, 2.45) is 5.92 Å². The molecule has 4 nitrogen and oxygen atoms in total. The summed E-state index contributed by atoms with van der Waals surface area (Å²) in [6.07, 6.45) is 2.00. The molecule has 1 N–H and O–H groups in total. The van der Waals surface area contributed by atoms with E-state index in [1.807, 2.05) is 7.05 Å². The van der Waals surface area contributed by atoms with Gasteiger partial charge in [-0.1, -0.05) is 0 Å². The van der Waals surface area contributed by atoms with Crippen LogP contribution in [0, 0.1) is 5.92 Å². The second-order valence-electron chi connectivity index (χ2n) is 4.91. The van der Waals surface area contributed by atoms with Crippen LogP contribution in [0.5, 0.6) is 5.75 Å². The smallest absolute Gasteiger partial charge is 0.341 e. The van der Waals surface area contributed by atoms with Crippen molar-refractivity contribution in [1.82, 2.24) is 5.32 Å². The molecule has 7 heteroatoms. The van der Waals surface area contributed by atoms with E-state index in [1.165, 1.54) is 12.1 Å². The lowest BCUT2D eigenvalue weighted by molar-refractivity contribution is 0.0657. The fourth-order valence-electron chi connectivity index (χ4n) is 2.23. The summed E-state index contributed by atoms with van der Waals surface area (Å²) in [5.74, 6) is -2.29. The third-order valence-corrected chi connectivity index (χ3v) is 4.77. The molecule has 0 heterocycles. The van der Waals surface area contributed by atoms with Gasteiger partial charge < -0.3 is 10.1 Å². The normalized spacial score (nSPS) is 22.6. The minimum absolute atomic E-state index is 0.117. The van der Waals surface area contributed by atoms with Gasteiger partial charge in [-0.05, 0) is 56.6 Å². The lowest BCUT2D eigenvalue weighted by Gasteiger charge is -2.35. The summed E-state index contributed by atoms with van der Waals surface area (Å²) < 4.78 is 52.9. The van der Waals surface area contributed by atoms with Gasteiger partial charge in [-0.25, -0.2) is 8.42 Å². The molecule has 2 rings (SSSR count). The van der Waals surface area contributed by atoms with Crippen molar-refractivity contribution in [1.29, 1.82) is 0 Å². The summed E-state index contributed by atoms with van der Waals surface area (Å²) in [6.45, 7) is 0.950. The summed E-state index contributed by atoms with van der Waals surface area (Å²) in [5, 5.41) is 3.10.